The number of carbonyl (C=O) groups excluding carboxylic acids is 1. The highest BCUT2D eigenvalue weighted by atomic mass is 32.1. The van der Waals surface area contributed by atoms with Crippen LogP contribution >= 0.6 is 11.3 Å². The number of nitrogens with one attached hydrogen (secondary N) is 2. The summed E-state index contributed by atoms with van der Waals surface area (Å²) in [5.74, 6) is 0.703. The normalized spacial score (nSPS) is 16.7. The van der Waals surface area contributed by atoms with Crippen molar-refractivity contribution < 1.29 is 4.79 Å². The molecule has 1 aliphatic carbocycles. The molecule has 2 aromatic rings. The molecule has 0 fully saturated rings. The summed E-state index contributed by atoms with van der Waals surface area (Å²) in [6, 6.07) is 13.1. The number of amides is 1. The van der Waals surface area contributed by atoms with Gasteiger partial charge in [-0.05, 0) is 41.8 Å². The van der Waals surface area contributed by atoms with Crippen molar-refractivity contribution in [2.24, 2.45) is 4.99 Å². The predicted octanol–water partition coefficient (Wildman–Crippen LogP) is 2.43. The van der Waals surface area contributed by atoms with Crippen LogP contribution in [0.25, 0.3) is 0 Å². The fourth-order valence-corrected chi connectivity index (χ4v) is 3.68. The van der Waals surface area contributed by atoms with Gasteiger partial charge in [0.15, 0.2) is 5.96 Å². The minimum atomic E-state index is -0.00351. The third-order valence-corrected chi connectivity index (χ3v) is 5.45. The van der Waals surface area contributed by atoms with Crippen molar-refractivity contribution in [3.05, 3.63) is 57.8 Å². The lowest BCUT2D eigenvalue weighted by Gasteiger charge is -2.27. The standard InChI is InChI=1S/C20H26N4OS/c1-24(2)19(25)14-22-20(21-13-18-8-5-11-26-18)23-17-10-9-15-6-3-4-7-16(15)12-17/h3-8,11,17H,9-10,12-14H2,1-2H3,(H2,21,22,23). The van der Waals surface area contributed by atoms with Gasteiger partial charge in [-0.1, -0.05) is 30.3 Å². The monoisotopic (exact) mass is 370 g/mol. The van der Waals surface area contributed by atoms with Gasteiger partial charge in [-0.15, -0.1) is 11.3 Å². The molecule has 0 bridgehead atoms. The molecule has 0 aliphatic heterocycles. The molecule has 1 aromatic heterocycles. The summed E-state index contributed by atoms with van der Waals surface area (Å²) in [4.78, 5) is 19.2. The Kier molecular flexibility index (Phi) is 6.28. The zero-order valence-corrected chi connectivity index (χ0v) is 16.2. The Morgan fingerprint density at radius 2 is 2.04 bits per heavy atom. The topological polar surface area (TPSA) is 56.7 Å². The molecule has 6 heteroatoms. The lowest BCUT2D eigenvalue weighted by Crippen LogP contribution is -2.46. The first-order valence-corrected chi connectivity index (χ1v) is 9.84. The number of aryl methyl sites for hydroxylation is 1. The number of aliphatic imine (C=N–C) groups is 1. The van der Waals surface area contributed by atoms with E-state index in [1.807, 2.05) is 6.07 Å². The lowest BCUT2D eigenvalue weighted by atomic mass is 9.88. The van der Waals surface area contributed by atoms with E-state index in [0.29, 0.717) is 18.5 Å². The van der Waals surface area contributed by atoms with Crippen molar-refractivity contribution >= 4 is 23.2 Å². The van der Waals surface area contributed by atoms with Gasteiger partial charge in [0.1, 0.15) is 6.54 Å². The molecule has 2 N–H and O–H groups in total. The van der Waals surface area contributed by atoms with Crippen LogP contribution in [0.4, 0.5) is 0 Å². The number of carbonyl (C=O) groups is 1. The maximum Gasteiger partial charge on any atom is 0.243 e. The Morgan fingerprint density at radius 1 is 1.23 bits per heavy atom. The van der Waals surface area contributed by atoms with Crippen LogP contribution in [-0.4, -0.2) is 43.4 Å². The van der Waals surface area contributed by atoms with E-state index in [9.17, 15) is 4.79 Å². The van der Waals surface area contributed by atoms with E-state index in [4.69, 9.17) is 0 Å². The molecule has 1 aliphatic rings. The van der Waals surface area contributed by atoms with Crippen LogP contribution in [0.1, 0.15) is 22.4 Å². The SMILES string of the molecule is CN(C)C(=O)CN=C(NCc1cccs1)NC1CCc2ccccc2C1. The number of hydrogen-bond acceptors (Lipinski definition) is 3. The van der Waals surface area contributed by atoms with E-state index >= 15 is 0 Å². The predicted molar refractivity (Wildman–Crippen MR) is 108 cm³/mol. The summed E-state index contributed by atoms with van der Waals surface area (Å²) in [5, 5.41) is 8.96. The number of benzene rings is 1. The molecule has 1 aromatic carbocycles. The zero-order chi connectivity index (χ0) is 18.4. The Labute approximate surface area is 159 Å². The van der Waals surface area contributed by atoms with Gasteiger partial charge in [0.25, 0.3) is 0 Å². The molecule has 0 radical (unpaired) electrons. The molecule has 26 heavy (non-hydrogen) atoms. The molecule has 5 nitrogen and oxygen atoms in total. The number of nitrogens with zero attached hydrogens (tertiary/aromatic N) is 2. The molecule has 1 amide bonds. The van der Waals surface area contributed by atoms with Crippen molar-refractivity contribution in [2.45, 2.75) is 31.8 Å². The summed E-state index contributed by atoms with van der Waals surface area (Å²) in [6.07, 6.45) is 3.12. The Morgan fingerprint density at radius 3 is 2.77 bits per heavy atom. The molecular weight excluding hydrogens is 344 g/mol. The minimum Gasteiger partial charge on any atom is -0.353 e. The summed E-state index contributed by atoms with van der Waals surface area (Å²) in [5.41, 5.74) is 2.84. The van der Waals surface area contributed by atoms with E-state index in [0.717, 1.165) is 19.3 Å². The summed E-state index contributed by atoms with van der Waals surface area (Å²) in [6.45, 7) is 0.860. The molecule has 1 atom stereocenters. The number of hydrogen-bond donors (Lipinski definition) is 2. The van der Waals surface area contributed by atoms with Crippen LogP contribution in [0.2, 0.25) is 0 Å². The van der Waals surface area contributed by atoms with Gasteiger partial charge in [-0.2, -0.15) is 0 Å². The molecule has 0 spiro atoms. The first-order valence-electron chi connectivity index (χ1n) is 8.96. The number of likely N-dealkylation sites (N-methyl/N-ethyl adjacent to an activating group) is 1. The van der Waals surface area contributed by atoms with E-state index in [1.165, 1.54) is 16.0 Å². The molecule has 1 unspecified atom stereocenters. The van der Waals surface area contributed by atoms with Crippen molar-refractivity contribution in [3.8, 4) is 0 Å². The highest BCUT2D eigenvalue weighted by Crippen LogP contribution is 2.21. The molecule has 138 valence electrons. The molecule has 1 heterocycles. The van der Waals surface area contributed by atoms with Crippen molar-refractivity contribution in [3.63, 3.8) is 0 Å². The minimum absolute atomic E-state index is 0.00351. The van der Waals surface area contributed by atoms with Crippen molar-refractivity contribution in [2.75, 3.05) is 20.6 Å². The van der Waals surface area contributed by atoms with Gasteiger partial charge in [0.05, 0.1) is 6.54 Å². The van der Waals surface area contributed by atoms with Crippen molar-refractivity contribution in [1.29, 1.82) is 0 Å². The first-order chi connectivity index (χ1) is 12.6. The molecule has 3 rings (SSSR count). The van der Waals surface area contributed by atoms with Gasteiger partial charge in [-0.25, -0.2) is 4.99 Å². The van der Waals surface area contributed by atoms with Gasteiger partial charge < -0.3 is 15.5 Å². The smallest absolute Gasteiger partial charge is 0.243 e. The van der Waals surface area contributed by atoms with Gasteiger partial charge >= 0.3 is 0 Å². The molecular formula is C20H26N4OS. The molecule has 0 saturated carbocycles. The van der Waals surface area contributed by atoms with Gasteiger partial charge in [0.2, 0.25) is 5.91 Å². The second-order valence-electron chi connectivity index (χ2n) is 6.74. The first kappa shape index (κ1) is 18.5. The fourth-order valence-electron chi connectivity index (χ4n) is 3.04. The quantitative estimate of drug-likeness (QED) is 0.628. The lowest BCUT2D eigenvalue weighted by molar-refractivity contribution is -0.127. The van der Waals surface area contributed by atoms with E-state index < -0.39 is 0 Å². The zero-order valence-electron chi connectivity index (χ0n) is 15.4. The van der Waals surface area contributed by atoms with Gasteiger partial charge in [-0.3, -0.25) is 4.79 Å². The third-order valence-electron chi connectivity index (χ3n) is 4.57. The number of thiophene rings is 1. The van der Waals surface area contributed by atoms with E-state index in [2.05, 4.69) is 51.3 Å². The third kappa shape index (κ3) is 5.08. The number of rotatable bonds is 5. The average Bonchev–Trinajstić information content (AvgIpc) is 3.17. The maximum atomic E-state index is 11.9. The van der Waals surface area contributed by atoms with Crippen LogP contribution in [0, 0.1) is 0 Å². The van der Waals surface area contributed by atoms with Crippen LogP contribution in [0.3, 0.4) is 0 Å². The summed E-state index contributed by atoms with van der Waals surface area (Å²) < 4.78 is 0. The number of guanidine groups is 1. The van der Waals surface area contributed by atoms with Crippen LogP contribution in [0.15, 0.2) is 46.8 Å². The highest BCUT2D eigenvalue weighted by Gasteiger charge is 2.19. The molecule has 0 saturated heterocycles. The van der Waals surface area contributed by atoms with E-state index in [1.54, 1.807) is 30.3 Å². The Bertz CT molecular complexity index is 755. The number of fused-ring (bicyclic) bond motifs is 1. The van der Waals surface area contributed by atoms with Crippen LogP contribution in [-0.2, 0) is 24.2 Å². The average molecular weight is 371 g/mol. The fraction of sp³-hybridized carbons (Fsp3) is 0.400. The van der Waals surface area contributed by atoms with E-state index in [-0.39, 0.29) is 12.5 Å². The summed E-state index contributed by atoms with van der Waals surface area (Å²) >= 11 is 1.71. The second-order valence-corrected chi connectivity index (χ2v) is 7.77. The Balaban J connectivity index is 1.64. The summed E-state index contributed by atoms with van der Waals surface area (Å²) in [7, 11) is 3.50. The maximum absolute atomic E-state index is 11.9. The van der Waals surface area contributed by atoms with Crippen LogP contribution < -0.4 is 10.6 Å². The highest BCUT2D eigenvalue weighted by molar-refractivity contribution is 7.09. The second kappa shape index (κ2) is 8.85. The van der Waals surface area contributed by atoms with Crippen molar-refractivity contribution in [1.82, 2.24) is 15.5 Å². The van der Waals surface area contributed by atoms with Crippen LogP contribution in [0.5, 0.6) is 0 Å². The Hall–Kier alpha value is -2.34. The largest absolute Gasteiger partial charge is 0.353 e. The van der Waals surface area contributed by atoms with Gasteiger partial charge in [0, 0.05) is 25.0 Å².